The first-order chi connectivity index (χ1) is 12.1. The molecule has 0 aliphatic rings. The number of nitrogens with one attached hydrogen (secondary N) is 1. The number of hydrogen-bond donors (Lipinski definition) is 1. The maximum atomic E-state index is 4.69. The van der Waals surface area contributed by atoms with Gasteiger partial charge in [0.15, 0.2) is 0 Å². The number of rotatable bonds is 5. The quantitative estimate of drug-likeness (QED) is 0.677. The van der Waals surface area contributed by atoms with Gasteiger partial charge in [-0.05, 0) is 42.2 Å². The van der Waals surface area contributed by atoms with Gasteiger partial charge < -0.3 is 10.2 Å². The molecule has 0 saturated carbocycles. The average molecular weight is 332 g/mol. The van der Waals surface area contributed by atoms with E-state index in [1.54, 1.807) is 6.20 Å². The van der Waals surface area contributed by atoms with Crippen molar-refractivity contribution in [3.05, 3.63) is 71.9 Å². The molecule has 1 heterocycles. The number of anilines is 4. The number of aryl methyl sites for hydroxylation is 1. The first kappa shape index (κ1) is 17.0. The highest BCUT2D eigenvalue weighted by Gasteiger charge is 2.12. The van der Waals surface area contributed by atoms with E-state index in [0.29, 0.717) is 11.9 Å². The number of aromatic nitrogens is 2. The second-order valence-electron chi connectivity index (χ2n) is 6.45. The molecule has 0 atom stereocenters. The Morgan fingerprint density at radius 2 is 1.72 bits per heavy atom. The average Bonchev–Trinajstić information content (AvgIpc) is 2.63. The van der Waals surface area contributed by atoms with E-state index in [-0.39, 0.29) is 0 Å². The Balaban J connectivity index is 1.91. The Bertz CT molecular complexity index is 844. The van der Waals surface area contributed by atoms with Crippen LogP contribution in [0.3, 0.4) is 0 Å². The van der Waals surface area contributed by atoms with Crippen LogP contribution in [0.15, 0.2) is 60.8 Å². The lowest BCUT2D eigenvalue weighted by molar-refractivity contribution is 0.866. The Morgan fingerprint density at radius 3 is 2.44 bits per heavy atom. The van der Waals surface area contributed by atoms with E-state index in [2.05, 4.69) is 66.4 Å². The lowest BCUT2D eigenvalue weighted by Crippen LogP contribution is -2.12. The summed E-state index contributed by atoms with van der Waals surface area (Å²) in [5.41, 5.74) is 4.64. The molecule has 0 aliphatic heterocycles. The summed E-state index contributed by atoms with van der Waals surface area (Å²) in [4.78, 5) is 11.1. The minimum atomic E-state index is 0.428. The van der Waals surface area contributed by atoms with Gasteiger partial charge in [-0.15, -0.1) is 0 Å². The van der Waals surface area contributed by atoms with Crippen molar-refractivity contribution in [1.82, 2.24) is 9.97 Å². The molecule has 0 unspecified atom stereocenters. The minimum absolute atomic E-state index is 0.428. The van der Waals surface area contributed by atoms with Crippen LogP contribution < -0.4 is 10.2 Å². The van der Waals surface area contributed by atoms with Gasteiger partial charge >= 0.3 is 0 Å². The van der Waals surface area contributed by atoms with Crippen molar-refractivity contribution in [1.29, 1.82) is 0 Å². The van der Waals surface area contributed by atoms with Crippen molar-refractivity contribution in [3.63, 3.8) is 0 Å². The Hall–Kier alpha value is -2.88. The van der Waals surface area contributed by atoms with Gasteiger partial charge in [-0.3, -0.25) is 0 Å². The van der Waals surface area contributed by atoms with Gasteiger partial charge in [0.2, 0.25) is 5.95 Å². The topological polar surface area (TPSA) is 41.1 Å². The molecule has 0 aliphatic carbocycles. The van der Waals surface area contributed by atoms with E-state index >= 15 is 0 Å². The third-order valence-corrected chi connectivity index (χ3v) is 4.29. The van der Waals surface area contributed by atoms with Gasteiger partial charge in [0, 0.05) is 24.6 Å². The third-order valence-electron chi connectivity index (χ3n) is 4.29. The fourth-order valence-corrected chi connectivity index (χ4v) is 2.83. The lowest BCUT2D eigenvalue weighted by atomic mass is 9.98. The molecule has 0 fully saturated rings. The summed E-state index contributed by atoms with van der Waals surface area (Å²) in [6.45, 7) is 6.50. The van der Waals surface area contributed by atoms with Crippen LogP contribution in [-0.4, -0.2) is 17.0 Å². The molecule has 0 amide bonds. The first-order valence-electron chi connectivity index (χ1n) is 8.54. The molecule has 3 aromatic rings. The SMILES string of the molecule is Cc1cccc(C(C)C)c1Nc1nccc(N(C)c2ccccc2)n1. The van der Waals surface area contributed by atoms with Gasteiger partial charge in [-0.2, -0.15) is 4.98 Å². The molecule has 1 N–H and O–H groups in total. The second kappa shape index (κ2) is 7.34. The van der Waals surface area contributed by atoms with E-state index in [1.165, 1.54) is 11.1 Å². The fraction of sp³-hybridized carbons (Fsp3) is 0.238. The van der Waals surface area contributed by atoms with E-state index in [1.807, 2.05) is 36.2 Å². The van der Waals surface area contributed by atoms with Crippen molar-refractivity contribution in [2.75, 3.05) is 17.3 Å². The highest BCUT2D eigenvalue weighted by molar-refractivity contribution is 5.66. The van der Waals surface area contributed by atoms with Crippen LogP contribution in [-0.2, 0) is 0 Å². The molecular formula is C21H24N4. The highest BCUT2D eigenvalue weighted by atomic mass is 15.2. The van der Waals surface area contributed by atoms with Crippen molar-refractivity contribution < 1.29 is 0 Å². The summed E-state index contributed by atoms with van der Waals surface area (Å²) in [6.07, 6.45) is 1.79. The van der Waals surface area contributed by atoms with E-state index in [4.69, 9.17) is 0 Å². The van der Waals surface area contributed by atoms with Crippen LogP contribution in [0.25, 0.3) is 0 Å². The van der Waals surface area contributed by atoms with Crippen molar-refractivity contribution >= 4 is 23.1 Å². The van der Waals surface area contributed by atoms with E-state index < -0.39 is 0 Å². The zero-order valence-corrected chi connectivity index (χ0v) is 15.2. The maximum Gasteiger partial charge on any atom is 0.229 e. The number of nitrogens with zero attached hydrogens (tertiary/aromatic N) is 3. The molecule has 0 radical (unpaired) electrons. The normalized spacial score (nSPS) is 10.8. The van der Waals surface area contributed by atoms with Crippen molar-refractivity contribution in [3.8, 4) is 0 Å². The van der Waals surface area contributed by atoms with Gasteiger partial charge in [0.25, 0.3) is 0 Å². The maximum absolute atomic E-state index is 4.69. The second-order valence-corrected chi connectivity index (χ2v) is 6.45. The molecule has 3 rings (SSSR count). The van der Waals surface area contributed by atoms with Gasteiger partial charge in [0.05, 0.1) is 0 Å². The first-order valence-corrected chi connectivity index (χ1v) is 8.54. The molecule has 0 saturated heterocycles. The summed E-state index contributed by atoms with van der Waals surface area (Å²) in [5.74, 6) is 1.89. The van der Waals surface area contributed by atoms with Crippen LogP contribution in [0.5, 0.6) is 0 Å². The predicted octanol–water partition coefficient (Wildman–Crippen LogP) is 5.42. The minimum Gasteiger partial charge on any atom is -0.329 e. The lowest BCUT2D eigenvalue weighted by Gasteiger charge is -2.20. The standard InChI is InChI=1S/C21H24N4/c1-15(2)18-12-8-9-16(3)20(18)24-21-22-14-13-19(23-21)25(4)17-10-6-5-7-11-17/h5-15H,1-4H3,(H,22,23,24). The zero-order valence-electron chi connectivity index (χ0n) is 15.2. The molecule has 0 bridgehead atoms. The summed E-state index contributed by atoms with van der Waals surface area (Å²) in [6, 6.07) is 18.4. The van der Waals surface area contributed by atoms with Crippen LogP contribution in [0.4, 0.5) is 23.1 Å². The van der Waals surface area contributed by atoms with E-state index in [0.717, 1.165) is 17.2 Å². The smallest absolute Gasteiger partial charge is 0.229 e. The molecule has 128 valence electrons. The number of benzene rings is 2. The molecule has 25 heavy (non-hydrogen) atoms. The number of para-hydroxylation sites is 2. The van der Waals surface area contributed by atoms with Gasteiger partial charge in [-0.1, -0.05) is 50.2 Å². The van der Waals surface area contributed by atoms with Gasteiger partial charge in [0.1, 0.15) is 5.82 Å². The molecule has 4 nitrogen and oxygen atoms in total. The highest BCUT2D eigenvalue weighted by Crippen LogP contribution is 2.30. The zero-order chi connectivity index (χ0) is 17.8. The van der Waals surface area contributed by atoms with Crippen LogP contribution in [0.1, 0.15) is 30.9 Å². The van der Waals surface area contributed by atoms with E-state index in [9.17, 15) is 0 Å². The predicted molar refractivity (Wildman–Crippen MR) is 105 cm³/mol. The Labute approximate surface area is 149 Å². The molecule has 1 aromatic heterocycles. The summed E-state index contributed by atoms with van der Waals surface area (Å²) in [5, 5.41) is 3.42. The Kier molecular flexibility index (Phi) is 4.98. The van der Waals surface area contributed by atoms with Crippen LogP contribution in [0.2, 0.25) is 0 Å². The van der Waals surface area contributed by atoms with Crippen LogP contribution in [0, 0.1) is 6.92 Å². The monoisotopic (exact) mass is 332 g/mol. The third kappa shape index (κ3) is 3.79. The van der Waals surface area contributed by atoms with Gasteiger partial charge in [-0.25, -0.2) is 4.98 Å². The molecule has 0 spiro atoms. The summed E-state index contributed by atoms with van der Waals surface area (Å²) < 4.78 is 0. The van der Waals surface area contributed by atoms with Crippen molar-refractivity contribution in [2.45, 2.75) is 26.7 Å². The number of hydrogen-bond acceptors (Lipinski definition) is 4. The summed E-state index contributed by atoms with van der Waals surface area (Å²) >= 11 is 0. The Morgan fingerprint density at radius 1 is 0.960 bits per heavy atom. The summed E-state index contributed by atoms with van der Waals surface area (Å²) in [7, 11) is 2.01. The molecule has 4 heteroatoms. The fourth-order valence-electron chi connectivity index (χ4n) is 2.83. The largest absolute Gasteiger partial charge is 0.329 e. The molecule has 2 aromatic carbocycles. The van der Waals surface area contributed by atoms with Crippen molar-refractivity contribution in [2.24, 2.45) is 0 Å². The molecular weight excluding hydrogens is 308 g/mol. The van der Waals surface area contributed by atoms with Crippen LogP contribution >= 0.6 is 0 Å².